The number of aryl methyl sites for hydroxylation is 1. The van der Waals surface area contributed by atoms with Gasteiger partial charge in [0, 0.05) is 40.3 Å². The Morgan fingerprint density at radius 3 is 1.28 bits per heavy atom. The van der Waals surface area contributed by atoms with Gasteiger partial charge in [0.05, 0.1) is 17.5 Å². The van der Waals surface area contributed by atoms with Crippen molar-refractivity contribution in [3.63, 3.8) is 0 Å². The second kappa shape index (κ2) is 47.0. The predicted molar refractivity (Wildman–Crippen MR) is 156 cm³/mol. The molecule has 220 valence electrons. The zero-order chi connectivity index (χ0) is 30.6. The molecule has 3 N–H and O–H groups in total. The van der Waals surface area contributed by atoms with Crippen LogP contribution in [-0.2, 0) is 19.1 Å². The molecule has 0 bridgehead atoms. The number of esters is 1. The number of Topliss-reactive ketones (excluding diaryl/α,β-unsaturated/α-hetero) is 1. The molecule has 36 heavy (non-hydrogen) atoms. The highest BCUT2D eigenvalue weighted by molar-refractivity contribution is 6.40. The summed E-state index contributed by atoms with van der Waals surface area (Å²) in [6.07, 6.45) is 0.500. The van der Waals surface area contributed by atoms with Crippen molar-refractivity contribution < 1.29 is 34.4 Å². The van der Waals surface area contributed by atoms with Crippen LogP contribution in [0.1, 0.15) is 81.2 Å². The van der Waals surface area contributed by atoms with Gasteiger partial charge >= 0.3 is 5.97 Å². The fourth-order valence-electron chi connectivity index (χ4n) is 0.738. The van der Waals surface area contributed by atoms with Gasteiger partial charge in [-0.2, -0.15) is 0 Å². The zero-order valence-corrected chi connectivity index (χ0v) is 26.5. The lowest BCUT2D eigenvalue weighted by atomic mass is 10.2. The smallest absolute Gasteiger partial charge is 0.302 e. The number of benzene rings is 1. The maximum Gasteiger partial charge on any atom is 0.302 e. The van der Waals surface area contributed by atoms with Crippen LogP contribution in [0.4, 0.5) is 0 Å². The predicted octanol–water partition coefficient (Wildman–Crippen LogP) is 6.40. The van der Waals surface area contributed by atoms with Crippen LogP contribution in [0.2, 0.25) is 0 Å². The molecule has 9 heteroatoms. The van der Waals surface area contributed by atoms with Crippen molar-refractivity contribution in [2.45, 2.75) is 94.3 Å². The van der Waals surface area contributed by atoms with E-state index in [1.807, 2.05) is 45.9 Å². The summed E-state index contributed by atoms with van der Waals surface area (Å²) < 4.78 is 9.34. The third-order valence-electron chi connectivity index (χ3n) is 2.40. The average molecular weight is 564 g/mol. The van der Waals surface area contributed by atoms with E-state index in [1.54, 1.807) is 41.7 Å². The Bertz CT molecular complexity index is 488. The molecule has 0 aliphatic rings. The molecule has 1 aromatic carbocycles. The van der Waals surface area contributed by atoms with Crippen molar-refractivity contribution in [1.82, 2.24) is 0 Å². The molecule has 0 fully saturated rings. The third kappa shape index (κ3) is 152. The molecular weight excluding hydrogens is 507 g/mol. The Morgan fingerprint density at radius 1 is 0.972 bits per heavy atom. The van der Waals surface area contributed by atoms with Crippen LogP contribution in [0.5, 0.6) is 0 Å². The van der Waals surface area contributed by atoms with Gasteiger partial charge in [-0.05, 0) is 62.3 Å². The van der Waals surface area contributed by atoms with Crippen molar-refractivity contribution in [3.05, 3.63) is 35.9 Å². The van der Waals surface area contributed by atoms with Crippen LogP contribution in [0, 0.1) is 6.92 Å². The largest absolute Gasteiger partial charge is 0.466 e. The highest BCUT2D eigenvalue weighted by Gasteiger charge is 2.04. The molecule has 0 aliphatic carbocycles. The molecule has 0 atom stereocenters. The van der Waals surface area contributed by atoms with Gasteiger partial charge in [-0.3, -0.25) is 4.79 Å². The topological polar surface area (TPSA) is 113 Å². The first-order chi connectivity index (χ1) is 16.6. The molecule has 0 saturated heterocycles. The summed E-state index contributed by atoms with van der Waals surface area (Å²) in [7, 11) is 2.71. The van der Waals surface area contributed by atoms with E-state index in [4.69, 9.17) is 43.3 Å². The molecule has 0 amide bonds. The highest BCUT2D eigenvalue weighted by atomic mass is 35.5. The van der Waals surface area contributed by atoms with Gasteiger partial charge in [-0.25, -0.2) is 0 Å². The van der Waals surface area contributed by atoms with Gasteiger partial charge in [0.25, 0.3) is 0 Å². The van der Waals surface area contributed by atoms with Gasteiger partial charge in [-0.1, -0.05) is 42.8 Å². The number of carbonyl (C=O) groups is 2. The van der Waals surface area contributed by atoms with Crippen LogP contribution < -0.4 is 0 Å². The van der Waals surface area contributed by atoms with Crippen LogP contribution in [0.3, 0.4) is 0 Å². The van der Waals surface area contributed by atoms with E-state index in [-0.39, 0.29) is 35.4 Å². The summed E-state index contributed by atoms with van der Waals surface area (Å²) in [6.45, 7) is 20.6. The van der Waals surface area contributed by atoms with Crippen molar-refractivity contribution in [1.29, 1.82) is 0 Å². The summed E-state index contributed by atoms with van der Waals surface area (Å²) in [4.78, 5) is 19.6. The maximum absolute atomic E-state index is 9.82. The number of alkyl halides is 2. The van der Waals surface area contributed by atoms with Gasteiger partial charge in [0.15, 0.2) is 0 Å². The molecule has 1 aromatic rings. The van der Waals surface area contributed by atoms with Crippen LogP contribution >= 0.6 is 23.2 Å². The lowest BCUT2D eigenvalue weighted by molar-refractivity contribution is -0.140. The van der Waals surface area contributed by atoms with E-state index in [0.29, 0.717) is 13.0 Å². The molecule has 7 nitrogen and oxygen atoms in total. The van der Waals surface area contributed by atoms with Crippen molar-refractivity contribution >= 4 is 35.0 Å². The minimum absolute atomic E-state index is 0.0417. The van der Waals surface area contributed by atoms with Crippen LogP contribution in [0.25, 0.3) is 0 Å². The molecule has 0 heterocycles. The summed E-state index contributed by atoms with van der Waals surface area (Å²) in [5, 5.41) is 22.8. The first-order valence-corrected chi connectivity index (χ1v) is 12.7. The Labute approximate surface area is 232 Å². The zero-order valence-electron chi connectivity index (χ0n) is 25.0. The number of carbonyl (C=O) groups excluding carboxylic acids is 2. The molecule has 0 unspecified atom stereocenters. The Morgan fingerprint density at radius 2 is 1.22 bits per heavy atom. The monoisotopic (exact) mass is 562 g/mol. The number of rotatable bonds is 2. The first-order valence-electron chi connectivity index (χ1n) is 11.6. The first kappa shape index (κ1) is 51.4. The lowest BCUT2D eigenvalue weighted by Gasteiger charge is -2.14. The SMILES string of the molecule is CC(C)O.CCC(C)=O.CCO.CCOC(C)=O.CO.COC(C)(C)C.Cc1ccccc1.ClCCl. The van der Waals surface area contributed by atoms with E-state index < -0.39 is 0 Å². The molecule has 0 spiro atoms. The van der Waals surface area contributed by atoms with Crippen LogP contribution in [-0.4, -0.2) is 71.5 Å². The number of methoxy groups -OCH3 is 1. The summed E-state index contributed by atoms with van der Waals surface area (Å²) in [5.41, 5.74) is 1.36. The number of aliphatic hydroxyl groups excluding tert-OH is 3. The van der Waals surface area contributed by atoms with Gasteiger partial charge in [0.1, 0.15) is 5.78 Å². The second-order valence-electron chi connectivity index (χ2n) is 7.46. The minimum atomic E-state index is -0.211. The number of hydrogen-bond donors (Lipinski definition) is 3. The maximum atomic E-state index is 9.82. The molecule has 1 rings (SSSR count). The van der Waals surface area contributed by atoms with Gasteiger partial charge in [-0.15, -0.1) is 23.2 Å². The van der Waals surface area contributed by atoms with E-state index in [1.165, 1.54) is 12.5 Å². The second-order valence-corrected chi connectivity index (χ2v) is 8.27. The molecule has 0 saturated carbocycles. The fourth-order valence-corrected chi connectivity index (χ4v) is 0.738. The molecule has 0 aromatic heterocycles. The van der Waals surface area contributed by atoms with Crippen molar-refractivity contribution in [2.75, 3.05) is 32.8 Å². The molecular formula is C27H56Cl2O7. The van der Waals surface area contributed by atoms with Crippen LogP contribution in [0.15, 0.2) is 30.3 Å². The minimum Gasteiger partial charge on any atom is -0.466 e. The Balaban J connectivity index is -0.0000000550. The average Bonchev–Trinajstić information content (AvgIpc) is 2.77. The standard InChI is InChI=1S/C7H8.C5H12O.C4H8O2.C4H8O.C3H8O.C2H6O.CH2Cl2.CH4O/c1-7-5-3-2-4-6-7;1-5(2,3)6-4;1-3-6-4(2)5;1-3-4(2)5;1-3(2)4;1-2-3;2-1-3;1-2/h2-6H,1H3;1-4H3;3H2,1-2H3;3H2,1-2H3;3-4H,1-2H3;3H,2H2,1H3;1H2;2H,1H3. The van der Waals surface area contributed by atoms with Crippen molar-refractivity contribution in [3.8, 4) is 0 Å². The van der Waals surface area contributed by atoms with Gasteiger partial charge < -0.3 is 29.6 Å². The summed E-state index contributed by atoms with van der Waals surface area (Å²) >= 11 is 9.53. The van der Waals surface area contributed by atoms with E-state index >= 15 is 0 Å². The summed E-state index contributed by atoms with van der Waals surface area (Å²) in [6, 6.07) is 10.3. The lowest BCUT2D eigenvalue weighted by Crippen LogP contribution is -2.15. The third-order valence-corrected chi connectivity index (χ3v) is 2.40. The highest BCUT2D eigenvalue weighted by Crippen LogP contribution is 2.02. The number of hydrogen-bond acceptors (Lipinski definition) is 7. The van der Waals surface area contributed by atoms with E-state index in [2.05, 4.69) is 23.8 Å². The molecule has 0 aliphatic heterocycles. The summed E-state index contributed by atoms with van der Waals surface area (Å²) in [5.74, 6) is 0.0440. The van der Waals surface area contributed by atoms with Crippen molar-refractivity contribution in [2.24, 2.45) is 0 Å². The molecule has 0 radical (unpaired) electrons. The normalized spacial score (nSPS) is 8.19. The number of ketones is 1. The number of ether oxygens (including phenoxy) is 2. The quantitative estimate of drug-likeness (QED) is 0.282. The van der Waals surface area contributed by atoms with E-state index in [9.17, 15) is 9.59 Å². The number of halogens is 2. The fraction of sp³-hybridized carbons (Fsp3) is 0.704. The Kier molecular flexibility index (Phi) is 67.2. The van der Waals surface area contributed by atoms with Gasteiger partial charge in [0.2, 0.25) is 0 Å². The number of aliphatic hydroxyl groups is 3. The van der Waals surface area contributed by atoms with E-state index in [0.717, 1.165) is 7.11 Å². The Hall–Kier alpha value is -1.22.